The first kappa shape index (κ1) is 20.3. The lowest BCUT2D eigenvalue weighted by Gasteiger charge is -2.34. The molecule has 3 heterocycles. The van der Waals surface area contributed by atoms with Gasteiger partial charge in [0.1, 0.15) is 4.92 Å². The Morgan fingerprint density at radius 2 is 2.03 bits per heavy atom. The maximum atomic E-state index is 12.0. The molecule has 0 atom stereocenters. The van der Waals surface area contributed by atoms with E-state index in [-0.39, 0.29) is 5.76 Å². The molecule has 0 saturated carbocycles. The number of aryl methyl sites for hydroxylation is 2. The van der Waals surface area contributed by atoms with E-state index in [2.05, 4.69) is 41.1 Å². The number of nitrogens with zero attached hydrogens (tertiary/aromatic N) is 4. The summed E-state index contributed by atoms with van der Waals surface area (Å²) in [5.74, 6) is -0.925. The summed E-state index contributed by atoms with van der Waals surface area (Å²) in [5.41, 5.74) is 3.56. The van der Waals surface area contributed by atoms with Crippen LogP contribution in [0.2, 0.25) is 0 Å². The third-order valence-electron chi connectivity index (χ3n) is 5.16. The summed E-state index contributed by atoms with van der Waals surface area (Å²) in [4.78, 5) is 31.4. The number of hydrogen-bond acceptors (Lipinski definition) is 8. The summed E-state index contributed by atoms with van der Waals surface area (Å²) < 4.78 is 6.16. The Bertz CT molecular complexity index is 1080. The highest BCUT2D eigenvalue weighted by molar-refractivity contribution is 7.22. The van der Waals surface area contributed by atoms with Gasteiger partial charge in [-0.3, -0.25) is 19.8 Å². The normalized spacial score (nSPS) is 14.9. The molecule has 4 rings (SSSR count). The van der Waals surface area contributed by atoms with Gasteiger partial charge in [-0.05, 0) is 37.1 Å². The molecule has 1 aliphatic heterocycles. The number of nitro groups is 1. The average molecular weight is 430 g/mol. The minimum absolute atomic E-state index is 0.0483. The lowest BCUT2D eigenvalue weighted by molar-refractivity contribution is -0.402. The van der Waals surface area contributed by atoms with Gasteiger partial charge in [0.05, 0.1) is 16.3 Å². The van der Waals surface area contributed by atoms with Crippen molar-refractivity contribution in [3.05, 3.63) is 51.3 Å². The average Bonchev–Trinajstić information content (AvgIpc) is 3.36. The molecule has 1 amide bonds. The molecule has 1 saturated heterocycles. The van der Waals surface area contributed by atoms with Gasteiger partial charge in [-0.1, -0.05) is 17.4 Å². The number of piperazine rings is 1. The van der Waals surface area contributed by atoms with Crippen LogP contribution in [0.4, 0.5) is 11.0 Å². The molecular formula is C20H23N5O4S. The van der Waals surface area contributed by atoms with Gasteiger partial charge in [-0.2, -0.15) is 0 Å². The Hall–Kier alpha value is -2.98. The Labute approximate surface area is 177 Å². The summed E-state index contributed by atoms with van der Waals surface area (Å²) in [5, 5.41) is 14.4. The Balaban J connectivity index is 1.26. The molecule has 2 aromatic heterocycles. The predicted octanol–water partition coefficient (Wildman–Crippen LogP) is 2.97. The van der Waals surface area contributed by atoms with Crippen LogP contribution >= 0.6 is 11.3 Å². The van der Waals surface area contributed by atoms with Crippen LogP contribution in [-0.4, -0.2) is 60.0 Å². The largest absolute Gasteiger partial charge is 0.433 e. The fraction of sp³-hybridized carbons (Fsp3) is 0.400. The minimum atomic E-state index is -0.663. The van der Waals surface area contributed by atoms with Gasteiger partial charge in [0.25, 0.3) is 5.91 Å². The zero-order chi connectivity index (χ0) is 21.3. The van der Waals surface area contributed by atoms with Gasteiger partial charge < -0.3 is 14.6 Å². The highest BCUT2D eigenvalue weighted by Crippen LogP contribution is 2.32. The summed E-state index contributed by atoms with van der Waals surface area (Å²) >= 11 is 1.74. The van der Waals surface area contributed by atoms with Crippen LogP contribution in [0.15, 0.2) is 28.7 Å². The van der Waals surface area contributed by atoms with E-state index in [9.17, 15) is 14.9 Å². The maximum Gasteiger partial charge on any atom is 0.433 e. The van der Waals surface area contributed by atoms with Crippen molar-refractivity contribution >= 4 is 38.5 Å². The lowest BCUT2D eigenvalue weighted by atomic mass is 10.1. The number of nitrogens with one attached hydrogen (secondary N) is 1. The fourth-order valence-electron chi connectivity index (χ4n) is 3.63. The third-order valence-corrected chi connectivity index (χ3v) is 6.43. The molecule has 0 bridgehead atoms. The topological polar surface area (TPSA) is 105 Å². The molecule has 1 fully saturated rings. The molecule has 1 aromatic carbocycles. The smallest absolute Gasteiger partial charge is 0.395 e. The number of rotatable bonds is 6. The number of aromatic nitrogens is 1. The van der Waals surface area contributed by atoms with Crippen molar-refractivity contribution in [1.82, 2.24) is 15.2 Å². The van der Waals surface area contributed by atoms with Crippen molar-refractivity contribution in [2.75, 3.05) is 44.2 Å². The van der Waals surface area contributed by atoms with Crippen LogP contribution in [0.3, 0.4) is 0 Å². The molecular weight excluding hydrogens is 406 g/mol. The second kappa shape index (κ2) is 8.41. The summed E-state index contributed by atoms with van der Waals surface area (Å²) in [6.45, 7) is 8.92. The van der Waals surface area contributed by atoms with Gasteiger partial charge in [-0.15, -0.1) is 0 Å². The van der Waals surface area contributed by atoms with E-state index in [1.807, 2.05) is 0 Å². The van der Waals surface area contributed by atoms with Crippen LogP contribution in [0, 0.1) is 24.0 Å². The standard InChI is InChI=1S/C20H23N5O4S/c1-13-11-14(2)18-15(12-13)22-20(30-18)24-9-7-23(8-10-24)6-5-21-19(26)16-3-4-17(29-16)25(27)28/h3-4,11-12H,5-10H2,1-2H3,(H,21,26). The van der Waals surface area contributed by atoms with E-state index in [1.165, 1.54) is 28.0 Å². The third kappa shape index (κ3) is 4.29. The van der Waals surface area contributed by atoms with E-state index in [4.69, 9.17) is 9.40 Å². The molecule has 0 radical (unpaired) electrons. The molecule has 1 aliphatic rings. The molecule has 10 heteroatoms. The van der Waals surface area contributed by atoms with E-state index >= 15 is 0 Å². The van der Waals surface area contributed by atoms with Crippen molar-refractivity contribution in [3.63, 3.8) is 0 Å². The first-order chi connectivity index (χ1) is 14.4. The van der Waals surface area contributed by atoms with Gasteiger partial charge >= 0.3 is 5.88 Å². The molecule has 0 unspecified atom stereocenters. The fourth-order valence-corrected chi connectivity index (χ4v) is 4.69. The van der Waals surface area contributed by atoms with Crippen LogP contribution in [0.25, 0.3) is 10.2 Å². The first-order valence-corrected chi connectivity index (χ1v) is 10.6. The Kier molecular flexibility index (Phi) is 5.69. The minimum Gasteiger partial charge on any atom is -0.395 e. The number of amides is 1. The van der Waals surface area contributed by atoms with Crippen LogP contribution < -0.4 is 10.2 Å². The number of fused-ring (bicyclic) bond motifs is 1. The predicted molar refractivity (Wildman–Crippen MR) is 115 cm³/mol. The van der Waals surface area contributed by atoms with E-state index in [0.717, 1.165) is 36.8 Å². The molecule has 30 heavy (non-hydrogen) atoms. The zero-order valence-corrected chi connectivity index (χ0v) is 17.7. The van der Waals surface area contributed by atoms with Crippen molar-refractivity contribution in [3.8, 4) is 0 Å². The van der Waals surface area contributed by atoms with Crippen molar-refractivity contribution in [2.45, 2.75) is 13.8 Å². The molecule has 3 aromatic rings. The monoisotopic (exact) mass is 429 g/mol. The second-order valence-electron chi connectivity index (χ2n) is 7.41. The summed E-state index contributed by atoms with van der Waals surface area (Å²) in [7, 11) is 0. The first-order valence-electron chi connectivity index (χ1n) is 9.78. The number of benzene rings is 1. The highest BCUT2D eigenvalue weighted by Gasteiger charge is 2.21. The summed E-state index contributed by atoms with van der Waals surface area (Å²) in [6.07, 6.45) is 0. The van der Waals surface area contributed by atoms with Crippen molar-refractivity contribution < 1.29 is 14.1 Å². The number of carbonyl (C=O) groups excluding carboxylic acids is 1. The number of furan rings is 1. The molecule has 0 aliphatic carbocycles. The molecule has 9 nitrogen and oxygen atoms in total. The quantitative estimate of drug-likeness (QED) is 0.474. The van der Waals surface area contributed by atoms with Gasteiger partial charge in [-0.25, -0.2) is 4.98 Å². The van der Waals surface area contributed by atoms with Gasteiger partial charge in [0, 0.05) is 39.3 Å². The van der Waals surface area contributed by atoms with E-state index in [0.29, 0.717) is 13.1 Å². The van der Waals surface area contributed by atoms with Crippen LogP contribution in [0.5, 0.6) is 0 Å². The van der Waals surface area contributed by atoms with Gasteiger partial charge in [0.2, 0.25) is 0 Å². The lowest BCUT2D eigenvalue weighted by Crippen LogP contribution is -2.48. The van der Waals surface area contributed by atoms with Gasteiger partial charge in [0.15, 0.2) is 10.9 Å². The molecule has 0 spiro atoms. The van der Waals surface area contributed by atoms with Crippen molar-refractivity contribution in [1.29, 1.82) is 0 Å². The van der Waals surface area contributed by atoms with Crippen molar-refractivity contribution in [2.24, 2.45) is 0 Å². The number of anilines is 1. The van der Waals surface area contributed by atoms with Crippen LogP contribution in [-0.2, 0) is 0 Å². The maximum absolute atomic E-state index is 12.0. The summed E-state index contributed by atoms with van der Waals surface area (Å²) in [6, 6.07) is 6.82. The van der Waals surface area contributed by atoms with E-state index in [1.54, 1.807) is 11.3 Å². The number of hydrogen-bond donors (Lipinski definition) is 1. The van der Waals surface area contributed by atoms with E-state index < -0.39 is 16.7 Å². The second-order valence-corrected chi connectivity index (χ2v) is 8.38. The van der Waals surface area contributed by atoms with Crippen LogP contribution in [0.1, 0.15) is 21.7 Å². The SMILES string of the molecule is Cc1cc(C)c2sc(N3CCN(CCNC(=O)c4ccc([N+](=O)[O-])o4)CC3)nc2c1. The highest BCUT2D eigenvalue weighted by atomic mass is 32.1. The molecule has 1 N–H and O–H groups in total. The molecule has 158 valence electrons. The number of thiazole rings is 1. The Morgan fingerprint density at radius 1 is 1.27 bits per heavy atom. The number of carbonyl (C=O) groups is 1. The Morgan fingerprint density at radius 3 is 2.73 bits per heavy atom. The zero-order valence-electron chi connectivity index (χ0n) is 16.9.